The lowest BCUT2D eigenvalue weighted by Crippen LogP contribution is -2.39. The van der Waals surface area contributed by atoms with Crippen LogP contribution in [0.3, 0.4) is 0 Å². The summed E-state index contributed by atoms with van der Waals surface area (Å²) in [5.74, 6) is -0.990. The van der Waals surface area contributed by atoms with Crippen LogP contribution in [0, 0.1) is 12.8 Å². The van der Waals surface area contributed by atoms with Gasteiger partial charge in [0.15, 0.2) is 23.1 Å². The second kappa shape index (κ2) is 5.02. The molecule has 5 heteroatoms. The van der Waals surface area contributed by atoms with Crippen molar-refractivity contribution in [2.75, 3.05) is 0 Å². The van der Waals surface area contributed by atoms with Gasteiger partial charge in [0.05, 0.1) is 11.3 Å². The van der Waals surface area contributed by atoms with Crippen molar-refractivity contribution in [3.8, 4) is 5.75 Å². The molecule has 0 aromatic heterocycles. The van der Waals surface area contributed by atoms with Crippen LogP contribution >= 0.6 is 0 Å². The van der Waals surface area contributed by atoms with Gasteiger partial charge in [-0.1, -0.05) is 30.3 Å². The highest BCUT2D eigenvalue weighted by atomic mass is 16.5. The molecule has 0 radical (unpaired) electrons. The van der Waals surface area contributed by atoms with E-state index in [0.717, 1.165) is 5.56 Å². The van der Waals surface area contributed by atoms with Gasteiger partial charge in [0.1, 0.15) is 17.4 Å². The Morgan fingerprint density at radius 2 is 1.85 bits per heavy atom. The highest BCUT2D eigenvalue weighted by Gasteiger charge is 2.45. The van der Waals surface area contributed by atoms with Gasteiger partial charge in [-0.2, -0.15) is 0 Å². The average molecular weight is 343 g/mol. The summed E-state index contributed by atoms with van der Waals surface area (Å²) >= 11 is 0. The van der Waals surface area contributed by atoms with Gasteiger partial charge < -0.3 is 9.84 Å². The number of aliphatic hydroxyl groups excluding tert-OH is 1. The molecule has 1 aliphatic heterocycles. The van der Waals surface area contributed by atoms with Gasteiger partial charge in [-0.3, -0.25) is 9.59 Å². The predicted molar refractivity (Wildman–Crippen MR) is 95.8 cm³/mol. The van der Waals surface area contributed by atoms with Crippen molar-refractivity contribution in [2.45, 2.75) is 6.92 Å². The van der Waals surface area contributed by atoms with Gasteiger partial charge in [0.2, 0.25) is 0 Å². The van der Waals surface area contributed by atoms with Gasteiger partial charge in [-0.05, 0) is 24.6 Å². The number of ketones is 2. The maximum atomic E-state index is 13.1. The minimum atomic E-state index is -0.952. The topological polar surface area (TPSA) is 76.0 Å². The van der Waals surface area contributed by atoms with Crippen molar-refractivity contribution in [1.29, 1.82) is 0 Å². The minimum absolute atomic E-state index is 0.0651. The molecule has 2 aromatic rings. The molecule has 2 aromatic carbocycles. The number of fused-ring (bicyclic) bond motifs is 5. The lowest BCUT2D eigenvalue weighted by Gasteiger charge is -2.32. The molecule has 0 spiro atoms. The number of aliphatic imine (C=N–C) groups is 1. The van der Waals surface area contributed by atoms with Crippen LogP contribution in [-0.2, 0) is 4.79 Å². The molecule has 5 nitrogen and oxygen atoms in total. The highest BCUT2D eigenvalue weighted by Crippen LogP contribution is 2.43. The highest BCUT2D eigenvalue weighted by molar-refractivity contribution is 6.33. The maximum Gasteiger partial charge on any atom is 0.190 e. The summed E-state index contributed by atoms with van der Waals surface area (Å²) in [5.41, 5.74) is 2.79. The van der Waals surface area contributed by atoms with Gasteiger partial charge in [0.25, 0.3) is 0 Å². The molecular formula is C21H13NO4. The third-order valence-electron chi connectivity index (χ3n) is 4.88. The normalized spacial score (nSPS) is 20.3. The first-order chi connectivity index (χ1) is 12.5. The van der Waals surface area contributed by atoms with Gasteiger partial charge in [0, 0.05) is 17.2 Å². The number of ether oxygens (including phenoxy) is 1. The van der Waals surface area contributed by atoms with Crippen LogP contribution in [0.1, 0.15) is 21.5 Å². The smallest absolute Gasteiger partial charge is 0.190 e. The van der Waals surface area contributed by atoms with Crippen molar-refractivity contribution in [3.05, 3.63) is 76.6 Å². The number of aliphatic hydroxyl groups is 1. The number of hydrogen-bond donors (Lipinski definition) is 1. The quantitative estimate of drug-likeness (QED) is 0.791. The van der Waals surface area contributed by atoms with E-state index in [1.54, 1.807) is 24.3 Å². The Morgan fingerprint density at radius 1 is 1.08 bits per heavy atom. The maximum absolute atomic E-state index is 13.1. The molecule has 26 heavy (non-hydrogen) atoms. The zero-order valence-electron chi connectivity index (χ0n) is 13.8. The number of nitrogens with zero attached hydrogens (tertiary/aromatic N) is 1. The zero-order valence-corrected chi connectivity index (χ0v) is 13.8. The SMILES string of the molecule is Cc1ccc2c(c1)OC1=CC(=O)C3=C(O)c4ccccc4C(=O)C3C1=N2. The Balaban J connectivity index is 1.77. The van der Waals surface area contributed by atoms with Crippen LogP contribution < -0.4 is 4.74 Å². The van der Waals surface area contributed by atoms with Gasteiger partial charge >= 0.3 is 0 Å². The lowest BCUT2D eigenvalue weighted by atomic mass is 9.73. The Kier molecular flexibility index (Phi) is 2.86. The standard InChI is InChI=1S/C21H13NO4/c1-10-6-7-13-15(8-10)26-16-9-14(23)17-18(19(16)22-13)21(25)12-5-3-2-4-11(12)20(17)24/h2-9,18,24H,1H3. The molecule has 2 aliphatic carbocycles. The van der Waals surface area contributed by atoms with Crippen LogP contribution in [0.5, 0.6) is 5.75 Å². The number of carbonyl (C=O) groups excluding carboxylic acids is 2. The number of aryl methyl sites for hydroxylation is 1. The van der Waals surface area contributed by atoms with Crippen molar-refractivity contribution >= 4 is 28.7 Å². The predicted octanol–water partition coefficient (Wildman–Crippen LogP) is 3.71. The number of rotatable bonds is 0. The molecular weight excluding hydrogens is 330 g/mol. The third-order valence-corrected chi connectivity index (χ3v) is 4.88. The van der Waals surface area contributed by atoms with Crippen molar-refractivity contribution in [3.63, 3.8) is 0 Å². The summed E-state index contributed by atoms with van der Waals surface area (Å²) in [4.78, 5) is 30.3. The van der Waals surface area contributed by atoms with E-state index in [2.05, 4.69) is 4.99 Å². The van der Waals surface area contributed by atoms with E-state index in [4.69, 9.17) is 4.74 Å². The largest absolute Gasteiger partial charge is 0.507 e. The average Bonchev–Trinajstić information content (AvgIpc) is 2.64. The Bertz CT molecular complexity index is 1120. The number of hydrogen-bond acceptors (Lipinski definition) is 5. The van der Waals surface area contributed by atoms with Crippen molar-refractivity contribution in [1.82, 2.24) is 0 Å². The summed E-state index contributed by atoms with van der Waals surface area (Å²) in [5, 5.41) is 10.6. The summed E-state index contributed by atoms with van der Waals surface area (Å²) in [6, 6.07) is 12.3. The molecule has 0 bridgehead atoms. The molecule has 0 fully saturated rings. The number of carbonyl (C=O) groups is 2. The molecule has 126 valence electrons. The molecule has 5 rings (SSSR count). The Hall–Kier alpha value is -3.47. The molecule has 1 N–H and O–H groups in total. The second-order valence-corrected chi connectivity index (χ2v) is 6.55. The summed E-state index contributed by atoms with van der Waals surface area (Å²) < 4.78 is 5.86. The fraction of sp³-hybridized carbons (Fsp3) is 0.0952. The molecule has 1 heterocycles. The monoisotopic (exact) mass is 343 g/mol. The summed E-state index contributed by atoms with van der Waals surface area (Å²) in [7, 11) is 0. The fourth-order valence-corrected chi connectivity index (χ4v) is 3.65. The van der Waals surface area contributed by atoms with Crippen molar-refractivity contribution in [2.24, 2.45) is 10.9 Å². The Labute approximate surface area is 149 Å². The molecule has 1 unspecified atom stereocenters. The van der Waals surface area contributed by atoms with Crippen LogP contribution in [0.25, 0.3) is 5.76 Å². The zero-order chi connectivity index (χ0) is 18.0. The van der Waals surface area contributed by atoms with Crippen LogP contribution in [0.2, 0.25) is 0 Å². The number of allylic oxidation sites excluding steroid dienone is 3. The Morgan fingerprint density at radius 3 is 2.65 bits per heavy atom. The van der Waals surface area contributed by atoms with Crippen LogP contribution in [0.4, 0.5) is 5.69 Å². The fourth-order valence-electron chi connectivity index (χ4n) is 3.65. The van der Waals surface area contributed by atoms with E-state index >= 15 is 0 Å². The van der Waals surface area contributed by atoms with E-state index in [1.807, 2.05) is 25.1 Å². The van der Waals surface area contributed by atoms with Gasteiger partial charge in [-0.15, -0.1) is 0 Å². The first-order valence-electron chi connectivity index (χ1n) is 8.25. The van der Waals surface area contributed by atoms with E-state index in [0.29, 0.717) is 28.3 Å². The second-order valence-electron chi connectivity index (χ2n) is 6.55. The first-order valence-corrected chi connectivity index (χ1v) is 8.25. The van der Waals surface area contributed by atoms with E-state index < -0.39 is 11.7 Å². The molecule has 0 amide bonds. The lowest BCUT2D eigenvalue weighted by molar-refractivity contribution is -0.111. The molecule has 0 saturated heterocycles. The third kappa shape index (κ3) is 1.88. The molecule has 0 saturated carbocycles. The van der Waals surface area contributed by atoms with Crippen LogP contribution in [0.15, 0.2) is 64.9 Å². The van der Waals surface area contributed by atoms with E-state index in [9.17, 15) is 14.7 Å². The van der Waals surface area contributed by atoms with Crippen molar-refractivity contribution < 1.29 is 19.4 Å². The first kappa shape index (κ1) is 14.8. The van der Waals surface area contributed by atoms with E-state index in [-0.39, 0.29) is 22.9 Å². The number of benzene rings is 2. The molecule has 3 aliphatic rings. The van der Waals surface area contributed by atoms with Crippen LogP contribution in [-0.4, -0.2) is 22.4 Å². The van der Waals surface area contributed by atoms with Gasteiger partial charge in [-0.25, -0.2) is 4.99 Å². The number of Topliss-reactive ketones (excluding diaryl/α,β-unsaturated/α-hetero) is 1. The molecule has 1 atom stereocenters. The summed E-state index contributed by atoms with van der Waals surface area (Å²) in [6.45, 7) is 1.93. The van der Waals surface area contributed by atoms with E-state index in [1.165, 1.54) is 6.08 Å². The minimum Gasteiger partial charge on any atom is -0.507 e. The summed E-state index contributed by atoms with van der Waals surface area (Å²) in [6.07, 6.45) is 1.30.